The number of amides is 1. The van der Waals surface area contributed by atoms with E-state index in [2.05, 4.69) is 5.32 Å². The van der Waals surface area contributed by atoms with Gasteiger partial charge in [-0.05, 0) is 30.4 Å². The molecule has 10 heteroatoms. The summed E-state index contributed by atoms with van der Waals surface area (Å²) in [5.74, 6) is -1.11. The highest BCUT2D eigenvalue weighted by atomic mass is 35.5. The van der Waals surface area contributed by atoms with E-state index in [1.54, 1.807) is 19.1 Å². The Morgan fingerprint density at radius 3 is 2.70 bits per heavy atom. The number of nitrogens with zero attached hydrogens (tertiary/aromatic N) is 1. The smallest absolute Gasteiger partial charge is 0.341 e. The second kappa shape index (κ2) is 7.53. The third-order valence-electron chi connectivity index (χ3n) is 2.61. The summed E-state index contributed by atoms with van der Waals surface area (Å²) < 4.78 is 5.41. The number of ether oxygens (including phenoxy) is 1. The molecule has 2 heterocycles. The molecular formula is C13H11ClN2O5S2. The number of nitrogens with one attached hydrogen (secondary N) is 1. The van der Waals surface area contributed by atoms with E-state index in [-0.39, 0.29) is 28.6 Å². The molecule has 0 saturated carbocycles. The van der Waals surface area contributed by atoms with Crippen molar-refractivity contribution in [3.63, 3.8) is 0 Å². The molecule has 0 saturated heterocycles. The Hall–Kier alpha value is -1.97. The lowest BCUT2D eigenvalue weighted by Crippen LogP contribution is -2.15. The van der Waals surface area contributed by atoms with Crippen molar-refractivity contribution in [3.05, 3.63) is 43.1 Å². The van der Waals surface area contributed by atoms with Crippen LogP contribution in [0.1, 0.15) is 22.2 Å². The van der Waals surface area contributed by atoms with Crippen LogP contribution in [0.15, 0.2) is 18.2 Å². The Morgan fingerprint density at radius 2 is 2.13 bits per heavy atom. The van der Waals surface area contributed by atoms with Gasteiger partial charge in [0.15, 0.2) is 0 Å². The summed E-state index contributed by atoms with van der Waals surface area (Å²) in [7, 11) is 0. The van der Waals surface area contributed by atoms with Gasteiger partial charge in [-0.2, -0.15) is 0 Å². The number of nitro groups is 1. The zero-order valence-electron chi connectivity index (χ0n) is 11.8. The molecule has 0 bridgehead atoms. The highest BCUT2D eigenvalue weighted by Gasteiger charge is 2.24. The average molecular weight is 375 g/mol. The Morgan fingerprint density at radius 1 is 1.39 bits per heavy atom. The third kappa shape index (κ3) is 4.50. The number of anilines is 1. The maximum absolute atomic E-state index is 12.0. The molecule has 0 fully saturated rings. The molecule has 0 aliphatic carbocycles. The second-order valence-corrected chi connectivity index (χ2v) is 7.07. The number of rotatable bonds is 6. The number of carbonyl (C=O) groups is 2. The van der Waals surface area contributed by atoms with Crippen LogP contribution >= 0.6 is 34.3 Å². The summed E-state index contributed by atoms with van der Waals surface area (Å²) in [4.78, 5) is 34.9. The van der Waals surface area contributed by atoms with Gasteiger partial charge in [0, 0.05) is 10.9 Å². The van der Waals surface area contributed by atoms with Crippen LogP contribution in [0.3, 0.4) is 0 Å². The molecular weight excluding hydrogens is 364 g/mol. The van der Waals surface area contributed by atoms with E-state index in [4.69, 9.17) is 16.3 Å². The first-order valence-electron chi connectivity index (χ1n) is 6.40. The predicted octanol–water partition coefficient (Wildman–Crippen LogP) is 3.73. The van der Waals surface area contributed by atoms with Gasteiger partial charge in [0.2, 0.25) is 5.91 Å². The van der Waals surface area contributed by atoms with Crippen LogP contribution in [0, 0.1) is 10.1 Å². The first kappa shape index (κ1) is 17.4. The van der Waals surface area contributed by atoms with E-state index in [9.17, 15) is 19.7 Å². The molecule has 0 aromatic carbocycles. The Bertz CT molecular complexity index is 755. The summed E-state index contributed by atoms with van der Waals surface area (Å²) >= 11 is 7.77. The lowest BCUT2D eigenvalue weighted by molar-refractivity contribution is -0.380. The third-order valence-corrected chi connectivity index (χ3v) is 4.84. The fourth-order valence-corrected chi connectivity index (χ4v) is 3.66. The minimum absolute atomic E-state index is 0.0267. The lowest BCUT2D eigenvalue weighted by Gasteiger charge is -2.04. The van der Waals surface area contributed by atoms with Crippen molar-refractivity contribution in [2.45, 2.75) is 13.3 Å². The molecule has 0 radical (unpaired) electrons. The molecule has 1 amide bonds. The van der Waals surface area contributed by atoms with Gasteiger partial charge in [-0.25, -0.2) is 4.79 Å². The van der Waals surface area contributed by atoms with Crippen molar-refractivity contribution in [2.75, 3.05) is 11.9 Å². The van der Waals surface area contributed by atoms with Gasteiger partial charge >= 0.3 is 11.0 Å². The van der Waals surface area contributed by atoms with Crippen LogP contribution in [-0.2, 0) is 16.0 Å². The molecule has 23 heavy (non-hydrogen) atoms. The van der Waals surface area contributed by atoms with Crippen molar-refractivity contribution in [3.8, 4) is 0 Å². The lowest BCUT2D eigenvalue weighted by atomic mass is 10.3. The van der Waals surface area contributed by atoms with Gasteiger partial charge in [0.1, 0.15) is 10.6 Å². The summed E-state index contributed by atoms with van der Waals surface area (Å²) in [5, 5.41) is 13.2. The fourth-order valence-electron chi connectivity index (χ4n) is 1.70. The van der Waals surface area contributed by atoms with Gasteiger partial charge in [-0.1, -0.05) is 11.6 Å². The van der Waals surface area contributed by atoms with E-state index >= 15 is 0 Å². The standard InChI is InChI=1S/C13H11ClN2O5S2/c1-2-21-13(18)8-6-11(16(19)20)23-12(8)15-10(17)5-7-3-4-9(14)22-7/h3-4,6H,2,5H2,1H3,(H,15,17). The normalized spacial score (nSPS) is 10.3. The molecule has 0 unspecified atom stereocenters. The minimum Gasteiger partial charge on any atom is -0.462 e. The van der Waals surface area contributed by atoms with Crippen molar-refractivity contribution in [1.29, 1.82) is 0 Å². The van der Waals surface area contributed by atoms with Gasteiger partial charge in [-0.3, -0.25) is 14.9 Å². The highest BCUT2D eigenvalue weighted by Crippen LogP contribution is 2.34. The molecule has 0 atom stereocenters. The first-order chi connectivity index (χ1) is 10.9. The Kier molecular flexibility index (Phi) is 5.69. The van der Waals surface area contributed by atoms with Crippen molar-refractivity contribution in [1.82, 2.24) is 0 Å². The van der Waals surface area contributed by atoms with E-state index in [1.165, 1.54) is 11.3 Å². The first-order valence-corrected chi connectivity index (χ1v) is 8.41. The summed E-state index contributed by atoms with van der Waals surface area (Å²) in [5.41, 5.74) is -0.0267. The summed E-state index contributed by atoms with van der Waals surface area (Å²) in [6.07, 6.45) is 0.0609. The molecule has 1 N–H and O–H groups in total. The van der Waals surface area contributed by atoms with Gasteiger partial charge in [0.05, 0.1) is 22.3 Å². The SMILES string of the molecule is CCOC(=O)c1cc([N+](=O)[O-])sc1NC(=O)Cc1ccc(Cl)s1. The molecule has 0 aliphatic heterocycles. The van der Waals surface area contributed by atoms with E-state index in [0.717, 1.165) is 10.9 Å². The predicted molar refractivity (Wildman–Crippen MR) is 88.6 cm³/mol. The van der Waals surface area contributed by atoms with Crippen LogP contribution < -0.4 is 5.32 Å². The monoisotopic (exact) mass is 374 g/mol. The van der Waals surface area contributed by atoms with Gasteiger partial charge < -0.3 is 10.1 Å². The van der Waals surface area contributed by atoms with Crippen molar-refractivity contribution >= 4 is 56.2 Å². The van der Waals surface area contributed by atoms with Crippen LogP contribution in [-0.4, -0.2) is 23.4 Å². The number of esters is 1. The van der Waals surface area contributed by atoms with Crippen LogP contribution in [0.2, 0.25) is 4.34 Å². The van der Waals surface area contributed by atoms with Crippen LogP contribution in [0.4, 0.5) is 10.0 Å². The number of hydrogen-bond acceptors (Lipinski definition) is 7. The molecule has 2 aromatic heterocycles. The second-order valence-electron chi connectivity index (χ2n) is 4.24. The number of carbonyl (C=O) groups excluding carboxylic acids is 2. The van der Waals surface area contributed by atoms with Gasteiger partial charge in [0.25, 0.3) is 0 Å². The van der Waals surface area contributed by atoms with Crippen LogP contribution in [0.5, 0.6) is 0 Å². The largest absolute Gasteiger partial charge is 0.462 e. The summed E-state index contributed by atoms with van der Waals surface area (Å²) in [6, 6.07) is 4.49. The quantitative estimate of drug-likeness (QED) is 0.472. The Balaban J connectivity index is 2.18. The minimum atomic E-state index is -0.716. The van der Waals surface area contributed by atoms with Crippen LogP contribution in [0.25, 0.3) is 0 Å². The van der Waals surface area contributed by atoms with Crippen molar-refractivity contribution in [2.24, 2.45) is 0 Å². The summed E-state index contributed by atoms with van der Waals surface area (Å²) in [6.45, 7) is 1.75. The molecule has 0 spiro atoms. The molecule has 122 valence electrons. The number of thiophene rings is 2. The number of hydrogen-bond donors (Lipinski definition) is 1. The molecule has 7 nitrogen and oxygen atoms in total. The average Bonchev–Trinajstić information content (AvgIpc) is 3.06. The Labute approximate surface area is 144 Å². The van der Waals surface area contributed by atoms with E-state index in [0.29, 0.717) is 15.7 Å². The number of halogens is 1. The molecule has 2 rings (SSSR count). The maximum Gasteiger partial charge on any atom is 0.341 e. The zero-order chi connectivity index (χ0) is 17.0. The maximum atomic E-state index is 12.0. The fraction of sp³-hybridized carbons (Fsp3) is 0.231. The molecule has 0 aliphatic rings. The topological polar surface area (TPSA) is 98.5 Å². The van der Waals surface area contributed by atoms with E-state index < -0.39 is 16.8 Å². The highest BCUT2D eigenvalue weighted by molar-refractivity contribution is 7.19. The molecule has 2 aromatic rings. The van der Waals surface area contributed by atoms with Gasteiger partial charge in [-0.15, -0.1) is 11.3 Å². The van der Waals surface area contributed by atoms with E-state index in [1.807, 2.05) is 0 Å². The van der Waals surface area contributed by atoms with Crippen molar-refractivity contribution < 1.29 is 19.2 Å². The zero-order valence-corrected chi connectivity index (χ0v) is 14.2.